The summed E-state index contributed by atoms with van der Waals surface area (Å²) >= 11 is 0. The highest BCUT2D eigenvalue weighted by Crippen LogP contribution is 2.37. The minimum atomic E-state index is -0.0621. The number of carbonyl (C=O) groups is 1. The molecule has 2 aromatic rings. The first-order valence-electron chi connectivity index (χ1n) is 10.8. The van der Waals surface area contributed by atoms with Crippen LogP contribution in [0.25, 0.3) is 0 Å². The third kappa shape index (κ3) is 3.91. The van der Waals surface area contributed by atoms with Gasteiger partial charge in [-0.05, 0) is 46.1 Å². The minimum Gasteiger partial charge on any atom is -0.508 e. The van der Waals surface area contributed by atoms with Gasteiger partial charge in [-0.15, -0.1) is 0 Å². The molecule has 0 saturated carbocycles. The van der Waals surface area contributed by atoms with Crippen molar-refractivity contribution in [3.05, 3.63) is 58.1 Å². The fourth-order valence-corrected chi connectivity index (χ4v) is 4.48. The molecule has 30 heavy (non-hydrogen) atoms. The van der Waals surface area contributed by atoms with Crippen molar-refractivity contribution < 1.29 is 14.6 Å². The van der Waals surface area contributed by atoms with E-state index in [-0.39, 0.29) is 23.0 Å². The maximum Gasteiger partial charge on any atom is 0.258 e. The van der Waals surface area contributed by atoms with Gasteiger partial charge in [0.15, 0.2) is 0 Å². The molecule has 0 spiro atoms. The molecule has 1 unspecified atom stereocenters. The zero-order valence-corrected chi connectivity index (χ0v) is 18.6. The van der Waals surface area contributed by atoms with Gasteiger partial charge in [0.1, 0.15) is 11.5 Å². The Morgan fingerprint density at radius 1 is 1.23 bits per heavy atom. The standard InChI is InChI=1S/C25H32N2O3/c1-15(2)20-9-21(23(30-5)10-22(20)28)24(29)27-13-16-6-7-18(8-17(16)14-27)25(3,4)11-19-12-26-19/h6-10,15,19,26,28H,11-14H2,1-5H3. The Labute approximate surface area is 179 Å². The molecule has 0 radical (unpaired) electrons. The number of fused-ring (bicyclic) bond motifs is 1. The number of nitrogens with zero attached hydrogens (tertiary/aromatic N) is 1. The Morgan fingerprint density at radius 2 is 1.93 bits per heavy atom. The third-order valence-corrected chi connectivity index (χ3v) is 6.45. The van der Waals surface area contributed by atoms with Gasteiger partial charge in [0, 0.05) is 31.7 Å². The van der Waals surface area contributed by atoms with Crippen LogP contribution in [-0.2, 0) is 18.5 Å². The summed E-state index contributed by atoms with van der Waals surface area (Å²) in [5.74, 6) is 0.633. The number of nitrogens with one attached hydrogen (secondary N) is 1. The smallest absolute Gasteiger partial charge is 0.258 e. The molecular formula is C25H32N2O3. The number of phenols is 1. The van der Waals surface area contributed by atoms with E-state index in [0.717, 1.165) is 18.5 Å². The van der Waals surface area contributed by atoms with Crippen molar-refractivity contribution in [2.45, 2.75) is 64.6 Å². The molecule has 2 N–H and O–H groups in total. The van der Waals surface area contributed by atoms with Crippen molar-refractivity contribution in [1.82, 2.24) is 10.2 Å². The maximum absolute atomic E-state index is 13.4. The first kappa shape index (κ1) is 20.7. The number of hydrogen-bond acceptors (Lipinski definition) is 4. The van der Waals surface area contributed by atoms with Crippen LogP contribution in [0.1, 0.15) is 72.6 Å². The van der Waals surface area contributed by atoms with Crippen LogP contribution in [0.5, 0.6) is 11.5 Å². The molecule has 4 rings (SSSR count). The summed E-state index contributed by atoms with van der Waals surface area (Å²) in [7, 11) is 1.53. The largest absolute Gasteiger partial charge is 0.508 e. The second-order valence-electron chi connectivity index (χ2n) is 9.60. The van der Waals surface area contributed by atoms with Crippen LogP contribution in [0, 0.1) is 0 Å². The molecule has 2 aliphatic heterocycles. The van der Waals surface area contributed by atoms with Crippen LogP contribution in [0.3, 0.4) is 0 Å². The number of phenolic OH excluding ortho intramolecular Hbond substituents is 1. The molecule has 1 amide bonds. The average Bonchev–Trinajstić information content (AvgIpc) is 3.39. The number of methoxy groups -OCH3 is 1. The predicted octanol–water partition coefficient (Wildman–Crippen LogP) is 4.32. The number of carbonyl (C=O) groups excluding carboxylic acids is 1. The Balaban J connectivity index is 1.58. The van der Waals surface area contributed by atoms with E-state index in [0.29, 0.717) is 30.4 Å². The highest BCUT2D eigenvalue weighted by Gasteiger charge is 2.33. The summed E-state index contributed by atoms with van der Waals surface area (Å²) < 4.78 is 5.41. The summed E-state index contributed by atoms with van der Waals surface area (Å²) in [5.41, 5.74) is 5.12. The second kappa shape index (κ2) is 7.62. The van der Waals surface area contributed by atoms with Crippen molar-refractivity contribution in [3.63, 3.8) is 0 Å². The summed E-state index contributed by atoms with van der Waals surface area (Å²) in [6, 6.07) is 10.6. The van der Waals surface area contributed by atoms with Crippen LogP contribution in [0.15, 0.2) is 30.3 Å². The van der Waals surface area contributed by atoms with E-state index in [1.807, 2.05) is 18.7 Å². The van der Waals surface area contributed by atoms with E-state index in [1.165, 1.54) is 23.8 Å². The fourth-order valence-electron chi connectivity index (χ4n) is 4.48. The van der Waals surface area contributed by atoms with Gasteiger partial charge in [0.05, 0.1) is 12.7 Å². The molecule has 0 bridgehead atoms. The number of ether oxygens (including phenoxy) is 1. The molecule has 0 aromatic heterocycles. The van der Waals surface area contributed by atoms with Crippen molar-refractivity contribution in [1.29, 1.82) is 0 Å². The Kier molecular flexibility index (Phi) is 5.27. The molecule has 1 fully saturated rings. The van der Waals surface area contributed by atoms with E-state index in [2.05, 4.69) is 37.4 Å². The Bertz CT molecular complexity index is 977. The van der Waals surface area contributed by atoms with E-state index in [4.69, 9.17) is 4.74 Å². The van der Waals surface area contributed by atoms with Crippen LogP contribution >= 0.6 is 0 Å². The molecule has 1 atom stereocenters. The van der Waals surface area contributed by atoms with Crippen molar-refractivity contribution in [2.75, 3.05) is 13.7 Å². The Morgan fingerprint density at radius 3 is 2.57 bits per heavy atom. The van der Waals surface area contributed by atoms with Gasteiger partial charge in [-0.25, -0.2) is 0 Å². The van der Waals surface area contributed by atoms with Crippen molar-refractivity contribution >= 4 is 5.91 Å². The lowest BCUT2D eigenvalue weighted by Crippen LogP contribution is -2.26. The molecule has 2 aromatic carbocycles. The van der Waals surface area contributed by atoms with Crippen LogP contribution in [0.4, 0.5) is 0 Å². The monoisotopic (exact) mass is 408 g/mol. The quantitative estimate of drug-likeness (QED) is 0.699. The molecule has 1 saturated heterocycles. The molecule has 5 heteroatoms. The third-order valence-electron chi connectivity index (χ3n) is 6.45. The molecule has 0 aliphatic carbocycles. The lowest BCUT2D eigenvalue weighted by atomic mass is 9.79. The van der Waals surface area contributed by atoms with E-state index in [1.54, 1.807) is 12.1 Å². The van der Waals surface area contributed by atoms with Gasteiger partial charge in [-0.2, -0.15) is 0 Å². The summed E-state index contributed by atoms with van der Waals surface area (Å²) in [4.78, 5) is 15.2. The highest BCUT2D eigenvalue weighted by molar-refractivity contribution is 5.97. The molecule has 2 heterocycles. The minimum absolute atomic E-state index is 0.0621. The van der Waals surface area contributed by atoms with Gasteiger partial charge in [0.2, 0.25) is 0 Å². The zero-order valence-electron chi connectivity index (χ0n) is 18.6. The van der Waals surface area contributed by atoms with E-state index in [9.17, 15) is 9.90 Å². The van der Waals surface area contributed by atoms with E-state index < -0.39 is 0 Å². The van der Waals surface area contributed by atoms with E-state index >= 15 is 0 Å². The number of benzene rings is 2. The number of hydrogen-bond donors (Lipinski definition) is 2. The lowest BCUT2D eigenvalue weighted by molar-refractivity contribution is 0.0748. The van der Waals surface area contributed by atoms with Crippen LogP contribution < -0.4 is 10.1 Å². The molecule has 5 nitrogen and oxygen atoms in total. The summed E-state index contributed by atoms with van der Waals surface area (Å²) in [6.45, 7) is 10.9. The molecular weight excluding hydrogens is 376 g/mol. The highest BCUT2D eigenvalue weighted by atomic mass is 16.5. The zero-order chi connectivity index (χ0) is 21.6. The van der Waals surface area contributed by atoms with Gasteiger partial charge in [-0.3, -0.25) is 4.79 Å². The summed E-state index contributed by atoms with van der Waals surface area (Å²) in [6.07, 6.45) is 1.12. The van der Waals surface area contributed by atoms with Gasteiger partial charge in [0.25, 0.3) is 5.91 Å². The molecule has 2 aliphatic rings. The van der Waals surface area contributed by atoms with Crippen LogP contribution in [0.2, 0.25) is 0 Å². The molecule has 160 valence electrons. The Hall–Kier alpha value is -2.53. The average molecular weight is 409 g/mol. The first-order valence-corrected chi connectivity index (χ1v) is 10.8. The fraction of sp³-hybridized carbons (Fsp3) is 0.480. The first-order chi connectivity index (χ1) is 14.2. The maximum atomic E-state index is 13.4. The SMILES string of the molecule is COc1cc(O)c(C(C)C)cc1C(=O)N1Cc2ccc(C(C)(C)CC3CN3)cc2C1. The van der Waals surface area contributed by atoms with Crippen molar-refractivity contribution in [2.24, 2.45) is 0 Å². The summed E-state index contributed by atoms with van der Waals surface area (Å²) in [5, 5.41) is 13.7. The van der Waals surface area contributed by atoms with Gasteiger partial charge >= 0.3 is 0 Å². The van der Waals surface area contributed by atoms with Crippen molar-refractivity contribution in [3.8, 4) is 11.5 Å². The van der Waals surface area contributed by atoms with Crippen LogP contribution in [-0.4, -0.2) is 35.6 Å². The van der Waals surface area contributed by atoms with Gasteiger partial charge < -0.3 is 20.1 Å². The normalized spacial score (nSPS) is 17.9. The second-order valence-corrected chi connectivity index (χ2v) is 9.60. The number of rotatable bonds is 6. The number of amides is 1. The predicted molar refractivity (Wildman–Crippen MR) is 118 cm³/mol. The van der Waals surface area contributed by atoms with Gasteiger partial charge in [-0.1, -0.05) is 45.9 Å². The topological polar surface area (TPSA) is 71.7 Å². The lowest BCUT2D eigenvalue weighted by Gasteiger charge is -2.25. The number of aromatic hydroxyl groups is 1.